The fraction of sp³-hybridized carbons (Fsp3) is 0.190. The van der Waals surface area contributed by atoms with Crippen LogP contribution >= 0.6 is 0 Å². The van der Waals surface area contributed by atoms with Crippen LogP contribution in [0.15, 0.2) is 42.7 Å². The zero-order valence-electron chi connectivity index (χ0n) is 16.6. The molecule has 8 nitrogen and oxygen atoms in total. The van der Waals surface area contributed by atoms with Crippen LogP contribution in [0.1, 0.15) is 16.2 Å². The van der Waals surface area contributed by atoms with Crippen molar-refractivity contribution in [2.75, 3.05) is 18.6 Å². The Hall–Kier alpha value is -3.95. The number of nitrogens with one attached hydrogen (secondary N) is 1. The maximum Gasteiger partial charge on any atom is 0.289 e. The Bertz CT molecular complexity index is 1190. The Morgan fingerprint density at radius 3 is 2.77 bits per heavy atom. The van der Waals surface area contributed by atoms with Gasteiger partial charge in [0.05, 0.1) is 11.9 Å². The number of likely N-dealkylation sites (N-methyl/N-ethyl adjacent to an activating group) is 1. The molecule has 1 N–H and O–H groups in total. The summed E-state index contributed by atoms with van der Waals surface area (Å²) in [7, 11) is 1.44. The van der Waals surface area contributed by atoms with Gasteiger partial charge in [-0.2, -0.15) is 0 Å². The average Bonchev–Trinajstić information content (AvgIpc) is 2.86. The number of hydrogen-bond donors (Lipinski definition) is 1. The standard InChI is InChI=1S/C21H17F2N5O3/c1-11-8-24-18(27-17(11)13-5-3-4-6-14(13)23)20(29)26-15-10-31-16-7-12(22)9-25-19(16)28(2)21(15)30/h3-9,15H,10H2,1-2H3,(H,26,29). The van der Waals surface area contributed by atoms with Crippen LogP contribution < -0.4 is 15.0 Å². The largest absolute Gasteiger partial charge is 0.487 e. The van der Waals surface area contributed by atoms with Crippen molar-refractivity contribution in [1.29, 1.82) is 0 Å². The first-order valence-electron chi connectivity index (χ1n) is 9.30. The molecule has 1 unspecified atom stereocenters. The summed E-state index contributed by atoms with van der Waals surface area (Å²) in [6.07, 6.45) is 2.37. The van der Waals surface area contributed by atoms with Gasteiger partial charge in [0.15, 0.2) is 11.6 Å². The number of carbonyl (C=O) groups excluding carboxylic acids is 2. The Balaban J connectivity index is 1.58. The maximum atomic E-state index is 14.2. The highest BCUT2D eigenvalue weighted by Crippen LogP contribution is 2.29. The van der Waals surface area contributed by atoms with Gasteiger partial charge < -0.3 is 10.1 Å². The molecule has 0 spiro atoms. The summed E-state index contributed by atoms with van der Waals surface area (Å²) in [5.74, 6) is -2.36. The van der Waals surface area contributed by atoms with Crippen LogP contribution in [0.5, 0.6) is 5.75 Å². The molecule has 0 saturated carbocycles. The molecule has 2 amide bonds. The number of aryl methyl sites for hydroxylation is 1. The van der Waals surface area contributed by atoms with Crippen molar-refractivity contribution in [2.45, 2.75) is 13.0 Å². The van der Waals surface area contributed by atoms with Gasteiger partial charge in [-0.3, -0.25) is 14.5 Å². The van der Waals surface area contributed by atoms with E-state index in [1.54, 1.807) is 25.1 Å². The van der Waals surface area contributed by atoms with Crippen molar-refractivity contribution in [1.82, 2.24) is 20.3 Å². The van der Waals surface area contributed by atoms with Gasteiger partial charge in [-0.1, -0.05) is 12.1 Å². The molecular formula is C21H17F2N5O3. The van der Waals surface area contributed by atoms with Crippen LogP contribution in [0.4, 0.5) is 14.6 Å². The number of halogens is 2. The Labute approximate surface area is 175 Å². The third kappa shape index (κ3) is 3.91. The minimum absolute atomic E-state index is 0.0843. The van der Waals surface area contributed by atoms with Crippen molar-refractivity contribution in [2.24, 2.45) is 0 Å². The summed E-state index contributed by atoms with van der Waals surface area (Å²) in [5.41, 5.74) is 1.08. The molecule has 3 aromatic rings. The lowest BCUT2D eigenvalue weighted by atomic mass is 10.1. The number of fused-ring (bicyclic) bond motifs is 1. The third-order valence-electron chi connectivity index (χ3n) is 4.76. The molecule has 1 aliphatic heterocycles. The van der Waals surface area contributed by atoms with Crippen LogP contribution in [-0.2, 0) is 4.79 Å². The summed E-state index contributed by atoms with van der Waals surface area (Å²) < 4.78 is 33.1. The fourth-order valence-electron chi connectivity index (χ4n) is 3.16. The average molecular weight is 425 g/mol. The monoisotopic (exact) mass is 425 g/mol. The van der Waals surface area contributed by atoms with Gasteiger partial charge in [0.25, 0.3) is 11.8 Å². The molecule has 1 aromatic carbocycles. The lowest BCUT2D eigenvalue weighted by molar-refractivity contribution is -0.120. The number of benzene rings is 1. The minimum atomic E-state index is -1.09. The van der Waals surface area contributed by atoms with Gasteiger partial charge >= 0.3 is 0 Å². The maximum absolute atomic E-state index is 14.2. The second-order valence-electron chi connectivity index (χ2n) is 6.91. The first kappa shape index (κ1) is 20.3. The molecule has 0 bridgehead atoms. The molecule has 0 aliphatic carbocycles. The highest BCUT2D eigenvalue weighted by molar-refractivity contribution is 6.01. The summed E-state index contributed by atoms with van der Waals surface area (Å²) >= 11 is 0. The van der Waals surface area contributed by atoms with Crippen molar-refractivity contribution >= 4 is 17.6 Å². The molecule has 0 saturated heterocycles. The normalized spacial score (nSPS) is 15.7. The van der Waals surface area contributed by atoms with E-state index in [1.807, 2.05) is 0 Å². The number of hydrogen-bond acceptors (Lipinski definition) is 6. The van der Waals surface area contributed by atoms with Crippen molar-refractivity contribution in [3.8, 4) is 17.0 Å². The quantitative estimate of drug-likeness (QED) is 0.692. The van der Waals surface area contributed by atoms with E-state index in [2.05, 4.69) is 20.3 Å². The third-order valence-corrected chi connectivity index (χ3v) is 4.76. The molecule has 2 aromatic heterocycles. The lowest BCUT2D eigenvalue weighted by Crippen LogP contribution is -2.49. The number of rotatable bonds is 3. The number of aromatic nitrogens is 3. The van der Waals surface area contributed by atoms with Crippen LogP contribution in [0.25, 0.3) is 11.3 Å². The molecule has 3 heterocycles. The number of anilines is 1. The van der Waals surface area contributed by atoms with Gasteiger partial charge in [-0.05, 0) is 24.6 Å². The van der Waals surface area contributed by atoms with Crippen LogP contribution in [0, 0.1) is 18.6 Å². The number of carbonyl (C=O) groups is 2. The SMILES string of the molecule is Cc1cnc(C(=O)NC2COc3cc(F)cnc3N(C)C2=O)nc1-c1ccccc1F. The topological polar surface area (TPSA) is 97.3 Å². The predicted molar refractivity (Wildman–Crippen MR) is 107 cm³/mol. The minimum Gasteiger partial charge on any atom is -0.487 e. The Morgan fingerprint density at radius 1 is 1.23 bits per heavy atom. The van der Waals surface area contributed by atoms with Gasteiger partial charge in [-0.25, -0.2) is 23.7 Å². The van der Waals surface area contributed by atoms with E-state index >= 15 is 0 Å². The molecule has 4 rings (SSSR count). The number of amides is 2. The molecule has 0 radical (unpaired) electrons. The van der Waals surface area contributed by atoms with E-state index in [-0.39, 0.29) is 35.3 Å². The Kier molecular flexibility index (Phi) is 5.28. The first-order chi connectivity index (χ1) is 14.8. The second kappa shape index (κ2) is 8.05. The predicted octanol–water partition coefficient (Wildman–Crippen LogP) is 2.28. The van der Waals surface area contributed by atoms with Crippen LogP contribution in [0.2, 0.25) is 0 Å². The van der Waals surface area contributed by atoms with Gasteiger partial charge in [-0.15, -0.1) is 0 Å². The van der Waals surface area contributed by atoms with Crippen molar-refractivity contribution in [3.63, 3.8) is 0 Å². The van der Waals surface area contributed by atoms with Crippen molar-refractivity contribution in [3.05, 3.63) is 65.7 Å². The zero-order valence-corrected chi connectivity index (χ0v) is 16.6. The molecule has 1 aliphatic rings. The molecule has 1 atom stereocenters. The molecule has 10 heteroatoms. The van der Waals surface area contributed by atoms with E-state index in [4.69, 9.17) is 4.74 Å². The lowest BCUT2D eigenvalue weighted by Gasteiger charge is -2.19. The summed E-state index contributed by atoms with van der Waals surface area (Å²) in [5, 5.41) is 2.52. The first-order valence-corrected chi connectivity index (χ1v) is 9.30. The van der Waals surface area contributed by atoms with E-state index in [9.17, 15) is 18.4 Å². The highest BCUT2D eigenvalue weighted by Gasteiger charge is 2.32. The van der Waals surface area contributed by atoms with Gasteiger partial charge in [0.1, 0.15) is 24.3 Å². The summed E-state index contributed by atoms with van der Waals surface area (Å²) in [4.78, 5) is 38.8. The van der Waals surface area contributed by atoms with Crippen molar-refractivity contribution < 1.29 is 23.1 Å². The van der Waals surface area contributed by atoms with Gasteiger partial charge in [0, 0.05) is 24.9 Å². The smallest absolute Gasteiger partial charge is 0.289 e. The van der Waals surface area contributed by atoms with E-state index in [1.165, 1.54) is 24.2 Å². The highest BCUT2D eigenvalue weighted by atomic mass is 19.1. The van der Waals surface area contributed by atoms with E-state index in [0.29, 0.717) is 5.56 Å². The van der Waals surface area contributed by atoms with Gasteiger partial charge in [0.2, 0.25) is 5.82 Å². The molecule has 158 valence electrons. The number of pyridine rings is 1. The molecule has 0 fully saturated rings. The Morgan fingerprint density at radius 2 is 2.00 bits per heavy atom. The summed E-state index contributed by atoms with van der Waals surface area (Å²) in [6.45, 7) is 1.46. The number of nitrogens with zero attached hydrogens (tertiary/aromatic N) is 4. The van der Waals surface area contributed by atoms with E-state index < -0.39 is 29.5 Å². The molecule has 31 heavy (non-hydrogen) atoms. The zero-order chi connectivity index (χ0) is 22.1. The number of ether oxygens (including phenoxy) is 1. The van der Waals surface area contributed by atoms with Crippen LogP contribution in [0.3, 0.4) is 0 Å². The fourth-order valence-corrected chi connectivity index (χ4v) is 3.16. The van der Waals surface area contributed by atoms with E-state index in [0.717, 1.165) is 12.3 Å². The summed E-state index contributed by atoms with van der Waals surface area (Å²) in [6, 6.07) is 6.08. The second-order valence-corrected chi connectivity index (χ2v) is 6.91. The molecular weight excluding hydrogens is 408 g/mol. The van der Waals surface area contributed by atoms with Crippen LogP contribution in [-0.4, -0.2) is 46.5 Å².